The normalized spacial score (nSPS) is 13.7. The highest BCUT2D eigenvalue weighted by molar-refractivity contribution is 9.20. The van der Waals surface area contributed by atoms with Crippen LogP contribution in [0.25, 0.3) is 0 Å². The summed E-state index contributed by atoms with van der Waals surface area (Å²) in [6.07, 6.45) is 0. The van der Waals surface area contributed by atoms with E-state index in [-0.39, 0.29) is 9.14 Å². The zero-order valence-corrected chi connectivity index (χ0v) is 12.3. The van der Waals surface area contributed by atoms with Gasteiger partial charge in [0.2, 0.25) is 4.69 Å². The Kier molecular flexibility index (Phi) is 4.10. The van der Waals surface area contributed by atoms with Crippen LogP contribution in [-0.2, 0) is 4.79 Å². The van der Waals surface area contributed by atoms with E-state index in [1.807, 2.05) is 18.2 Å². The number of hydrogen-bond donors (Lipinski definition) is 0. The molecule has 0 aromatic heterocycles. The van der Waals surface area contributed by atoms with Crippen LogP contribution in [-0.4, -0.2) is 17.2 Å². The van der Waals surface area contributed by atoms with Gasteiger partial charge in [-0.05, 0) is 15.9 Å². The Morgan fingerprint density at radius 1 is 1.29 bits per heavy atom. The van der Waals surface area contributed by atoms with Gasteiger partial charge in [-0.2, -0.15) is 0 Å². The third kappa shape index (κ3) is 2.55. The fourth-order valence-electron chi connectivity index (χ4n) is 1.30. The van der Waals surface area contributed by atoms with Gasteiger partial charge >= 0.3 is 0 Å². The smallest absolute Gasteiger partial charge is 0.208 e. The molecular weight excluding hydrogens is 324 g/mol. The lowest BCUT2D eigenvalue weighted by Gasteiger charge is -2.26. The van der Waals surface area contributed by atoms with Crippen LogP contribution in [0, 0.1) is 0 Å². The van der Waals surface area contributed by atoms with Crippen molar-refractivity contribution in [1.82, 2.24) is 0 Å². The van der Waals surface area contributed by atoms with Gasteiger partial charge in [-0.25, -0.2) is 0 Å². The molecule has 1 unspecified atom stereocenters. The molecule has 0 saturated carbocycles. The van der Waals surface area contributed by atoms with Crippen LogP contribution in [0.3, 0.4) is 0 Å². The average Bonchev–Trinajstić information content (AvgIpc) is 2.18. The summed E-state index contributed by atoms with van der Waals surface area (Å²) in [5, 5.41) is 1.29. The summed E-state index contributed by atoms with van der Waals surface area (Å²) in [5.41, 5.74) is 0. The fourth-order valence-corrected chi connectivity index (χ4v) is 5.72. The van der Waals surface area contributed by atoms with E-state index < -0.39 is 8.07 Å². The van der Waals surface area contributed by atoms with E-state index in [0.717, 1.165) is 0 Å². The van der Waals surface area contributed by atoms with Crippen molar-refractivity contribution in [3.63, 3.8) is 0 Å². The van der Waals surface area contributed by atoms with Crippen LogP contribution in [0.2, 0.25) is 13.1 Å². The Balaban J connectivity index is 3.02. The first-order valence-corrected chi connectivity index (χ1v) is 9.14. The van der Waals surface area contributed by atoms with Crippen LogP contribution in [0.4, 0.5) is 0 Å². The van der Waals surface area contributed by atoms with Crippen LogP contribution in [0.5, 0.6) is 0 Å². The van der Waals surface area contributed by atoms with Gasteiger partial charge in [-0.1, -0.05) is 64.5 Å². The molecule has 0 heterocycles. The minimum absolute atomic E-state index is 0.0398. The lowest BCUT2D eigenvalue weighted by molar-refractivity contribution is -0.108. The van der Waals surface area contributed by atoms with E-state index in [0.29, 0.717) is 0 Å². The van der Waals surface area contributed by atoms with E-state index in [2.05, 4.69) is 57.1 Å². The van der Waals surface area contributed by atoms with Crippen molar-refractivity contribution in [3.8, 4) is 0 Å². The predicted octanol–water partition coefficient (Wildman–Crippen LogP) is 2.83. The van der Waals surface area contributed by atoms with Crippen molar-refractivity contribution >= 4 is 49.8 Å². The molecule has 1 aromatic rings. The van der Waals surface area contributed by atoms with Crippen molar-refractivity contribution in [2.75, 3.05) is 0 Å². The number of carbonyl (C=O) groups is 1. The summed E-state index contributed by atoms with van der Waals surface area (Å²) in [7, 11) is -1.73. The quantitative estimate of drug-likeness (QED) is 0.471. The number of carbonyl (C=O) groups excluding carboxylic acids is 1. The summed E-state index contributed by atoms with van der Waals surface area (Å²) < 4.78 is -0.0320. The minimum atomic E-state index is -1.73. The molecule has 1 aromatic carbocycles. The number of benzene rings is 1. The molecule has 0 aliphatic heterocycles. The van der Waals surface area contributed by atoms with Gasteiger partial charge < -0.3 is 0 Å². The van der Waals surface area contributed by atoms with Gasteiger partial charge in [0.1, 0.15) is 8.07 Å². The molecule has 0 bridgehead atoms. The van der Waals surface area contributed by atoms with E-state index in [1.54, 1.807) is 0 Å². The first-order valence-electron chi connectivity index (χ1n) is 4.35. The van der Waals surface area contributed by atoms with Gasteiger partial charge in [-0.15, -0.1) is 0 Å². The number of alkyl halides is 1. The minimum Gasteiger partial charge on any atom is -0.286 e. The van der Waals surface area contributed by atoms with Gasteiger partial charge in [0.25, 0.3) is 0 Å². The molecule has 0 amide bonds. The average molecular weight is 336 g/mol. The molecule has 0 saturated heterocycles. The van der Waals surface area contributed by atoms with Gasteiger partial charge in [0.05, 0.1) is 4.45 Å². The maximum atomic E-state index is 11.3. The molecule has 4 heteroatoms. The second-order valence-corrected chi connectivity index (χ2v) is 10.9. The van der Waals surface area contributed by atoms with Crippen molar-refractivity contribution in [1.29, 1.82) is 0 Å². The van der Waals surface area contributed by atoms with Crippen molar-refractivity contribution < 1.29 is 4.79 Å². The molecule has 1 nitrogen and oxygen atoms in total. The summed E-state index contributed by atoms with van der Waals surface area (Å²) in [5.74, 6) is 0. The fraction of sp³-hybridized carbons (Fsp3) is 0.300. The Morgan fingerprint density at radius 2 is 1.79 bits per heavy atom. The summed E-state index contributed by atoms with van der Waals surface area (Å²) in [6, 6.07) is 10.2. The number of rotatable bonds is 3. The standard InChI is InChI=1S/C10H12Br2OSi/c1-14(2,10(12)9(11)13)8-6-4-3-5-7-8/h3-7,10H,1-2H3. The molecule has 0 radical (unpaired) electrons. The summed E-state index contributed by atoms with van der Waals surface area (Å²) >= 11 is 6.49. The van der Waals surface area contributed by atoms with Crippen LogP contribution >= 0.6 is 31.9 Å². The lowest BCUT2D eigenvalue weighted by atomic mass is 10.4. The third-order valence-electron chi connectivity index (χ3n) is 2.35. The maximum absolute atomic E-state index is 11.3. The Bertz CT molecular complexity index is 324. The zero-order valence-electron chi connectivity index (χ0n) is 8.13. The van der Waals surface area contributed by atoms with Crippen LogP contribution in [0.15, 0.2) is 30.3 Å². The van der Waals surface area contributed by atoms with Gasteiger partial charge in [0, 0.05) is 0 Å². The SMILES string of the molecule is C[Si](C)(c1ccccc1)C(Br)C(=O)Br. The second-order valence-electron chi connectivity index (χ2n) is 3.75. The first-order chi connectivity index (χ1) is 6.46. The van der Waals surface area contributed by atoms with Crippen molar-refractivity contribution in [2.24, 2.45) is 0 Å². The van der Waals surface area contributed by atoms with E-state index in [4.69, 9.17) is 0 Å². The van der Waals surface area contributed by atoms with Crippen molar-refractivity contribution in [3.05, 3.63) is 30.3 Å². The Labute approximate surface area is 102 Å². The molecule has 0 aliphatic carbocycles. The van der Waals surface area contributed by atoms with Crippen LogP contribution < -0.4 is 5.19 Å². The van der Waals surface area contributed by atoms with E-state index in [1.165, 1.54) is 5.19 Å². The van der Waals surface area contributed by atoms with Crippen LogP contribution in [0.1, 0.15) is 0 Å². The van der Waals surface area contributed by atoms with Gasteiger partial charge in [-0.3, -0.25) is 4.79 Å². The largest absolute Gasteiger partial charge is 0.286 e. The Hall–Kier alpha value is 0.0669. The molecule has 1 atom stereocenters. The molecule has 14 heavy (non-hydrogen) atoms. The molecular formula is C10H12Br2OSi. The monoisotopic (exact) mass is 334 g/mol. The second kappa shape index (κ2) is 4.73. The van der Waals surface area contributed by atoms with Gasteiger partial charge in [0.15, 0.2) is 0 Å². The highest BCUT2D eigenvalue weighted by atomic mass is 79.9. The number of halogens is 2. The zero-order chi connectivity index (χ0) is 10.8. The van der Waals surface area contributed by atoms with E-state index >= 15 is 0 Å². The maximum Gasteiger partial charge on any atom is 0.208 e. The lowest BCUT2D eigenvalue weighted by Crippen LogP contribution is -2.52. The molecule has 1 rings (SSSR count). The van der Waals surface area contributed by atoms with Crippen molar-refractivity contribution in [2.45, 2.75) is 17.5 Å². The highest BCUT2D eigenvalue weighted by Gasteiger charge is 2.35. The molecule has 0 aliphatic rings. The molecule has 0 spiro atoms. The molecule has 0 N–H and O–H groups in total. The molecule has 76 valence electrons. The topological polar surface area (TPSA) is 17.1 Å². The Morgan fingerprint density at radius 3 is 2.21 bits per heavy atom. The summed E-state index contributed by atoms with van der Waals surface area (Å²) in [4.78, 5) is 11.3. The molecule has 0 fully saturated rings. The first kappa shape index (κ1) is 12.1. The van der Waals surface area contributed by atoms with E-state index in [9.17, 15) is 4.79 Å². The summed E-state index contributed by atoms with van der Waals surface area (Å²) in [6.45, 7) is 4.36. The number of hydrogen-bond acceptors (Lipinski definition) is 1. The third-order valence-corrected chi connectivity index (χ3v) is 11.0. The predicted molar refractivity (Wildman–Crippen MR) is 70.2 cm³/mol. The highest BCUT2D eigenvalue weighted by Crippen LogP contribution is 2.19.